The van der Waals surface area contributed by atoms with Gasteiger partial charge < -0.3 is 10.2 Å². The van der Waals surface area contributed by atoms with Gasteiger partial charge in [-0.05, 0) is 86.4 Å². The van der Waals surface area contributed by atoms with Crippen molar-refractivity contribution in [2.75, 3.05) is 0 Å². The molecule has 4 heteroatoms. The van der Waals surface area contributed by atoms with E-state index in [1.165, 1.54) is 121 Å². The van der Waals surface area contributed by atoms with Crippen molar-refractivity contribution < 1.29 is 10.2 Å². The molecular formula is C51H58O2S2. The van der Waals surface area contributed by atoms with Crippen molar-refractivity contribution in [2.24, 2.45) is 0 Å². The van der Waals surface area contributed by atoms with Crippen LogP contribution < -0.4 is 0 Å². The van der Waals surface area contributed by atoms with Crippen molar-refractivity contribution >= 4 is 72.2 Å². The summed E-state index contributed by atoms with van der Waals surface area (Å²) in [7, 11) is 0. The molecule has 0 spiro atoms. The van der Waals surface area contributed by atoms with Gasteiger partial charge in [0, 0.05) is 21.5 Å². The first kappa shape index (κ1) is 39.4. The zero-order valence-corrected chi connectivity index (χ0v) is 34.8. The molecule has 0 saturated carbocycles. The Balaban J connectivity index is 1.14. The third-order valence-corrected chi connectivity index (χ3v) is 14.5. The van der Waals surface area contributed by atoms with Gasteiger partial charge in [-0.15, -0.1) is 0 Å². The predicted octanol–water partition coefficient (Wildman–Crippen LogP) is 17.0. The second kappa shape index (κ2) is 18.9. The Hall–Kier alpha value is -3.86. The maximum absolute atomic E-state index is 12.1. The SMILES string of the molecule is CCCCCCCCCCCCCCCCCC(=C1SC(C)=C(C)S1)c1ccc2c(-c3c4ccccc4c(O)c4ccccc34)c3ccccc3c(O)c2c1. The van der Waals surface area contributed by atoms with Gasteiger partial charge >= 0.3 is 0 Å². The highest BCUT2D eigenvalue weighted by molar-refractivity contribution is 8.28. The predicted molar refractivity (Wildman–Crippen MR) is 245 cm³/mol. The number of aromatic hydroxyl groups is 2. The van der Waals surface area contributed by atoms with Crippen molar-refractivity contribution in [3.63, 3.8) is 0 Å². The molecule has 0 bridgehead atoms. The van der Waals surface area contributed by atoms with Crippen molar-refractivity contribution in [3.05, 3.63) is 111 Å². The van der Waals surface area contributed by atoms with Crippen LogP contribution in [0.1, 0.15) is 129 Å². The molecule has 0 aliphatic carbocycles. The Morgan fingerprint density at radius 1 is 0.436 bits per heavy atom. The summed E-state index contributed by atoms with van der Waals surface area (Å²) in [4.78, 5) is 2.77. The van der Waals surface area contributed by atoms with Crippen LogP contribution in [0.25, 0.3) is 59.8 Å². The van der Waals surface area contributed by atoms with Crippen LogP contribution in [0.4, 0.5) is 0 Å². The monoisotopic (exact) mass is 766 g/mol. The molecule has 6 aromatic rings. The lowest BCUT2D eigenvalue weighted by molar-refractivity contribution is 0.487. The number of benzene rings is 6. The van der Waals surface area contributed by atoms with Gasteiger partial charge in [-0.25, -0.2) is 0 Å². The van der Waals surface area contributed by atoms with Gasteiger partial charge in [0.2, 0.25) is 0 Å². The summed E-state index contributed by atoms with van der Waals surface area (Å²) >= 11 is 3.83. The third-order valence-electron chi connectivity index (χ3n) is 11.8. The maximum atomic E-state index is 12.1. The van der Waals surface area contributed by atoms with Gasteiger partial charge in [0.1, 0.15) is 11.5 Å². The second-order valence-corrected chi connectivity index (χ2v) is 18.3. The Morgan fingerprint density at radius 3 is 1.24 bits per heavy atom. The minimum Gasteiger partial charge on any atom is -0.507 e. The smallest absolute Gasteiger partial charge is 0.131 e. The van der Waals surface area contributed by atoms with Gasteiger partial charge in [0.25, 0.3) is 0 Å². The highest BCUT2D eigenvalue weighted by atomic mass is 32.2. The van der Waals surface area contributed by atoms with Crippen LogP contribution in [0, 0.1) is 0 Å². The Morgan fingerprint density at radius 2 is 0.800 bits per heavy atom. The quantitative estimate of drug-likeness (QED) is 0.0675. The van der Waals surface area contributed by atoms with Crippen LogP contribution in [0.3, 0.4) is 0 Å². The average Bonchev–Trinajstić information content (AvgIpc) is 3.55. The third kappa shape index (κ3) is 8.76. The zero-order chi connectivity index (χ0) is 38.1. The number of phenols is 2. The number of allylic oxidation sites excluding steroid dienone is 3. The molecule has 1 aliphatic heterocycles. The fraction of sp³-hybridized carbons (Fsp3) is 0.373. The number of hydrogen-bond donors (Lipinski definition) is 2. The fourth-order valence-corrected chi connectivity index (χ4v) is 11.3. The number of phenolic OH excluding ortho intramolecular Hbond substituents is 2. The van der Waals surface area contributed by atoms with Crippen LogP contribution in [0.2, 0.25) is 0 Å². The topological polar surface area (TPSA) is 40.5 Å². The van der Waals surface area contributed by atoms with E-state index in [1.54, 1.807) is 0 Å². The molecule has 1 aliphatic rings. The number of rotatable bonds is 18. The highest BCUT2D eigenvalue weighted by Crippen LogP contribution is 2.54. The number of fused-ring (bicyclic) bond motifs is 4. The molecule has 2 nitrogen and oxygen atoms in total. The van der Waals surface area contributed by atoms with E-state index in [1.807, 2.05) is 72.1 Å². The summed E-state index contributed by atoms with van der Waals surface area (Å²) in [5.74, 6) is 0.641. The lowest BCUT2D eigenvalue weighted by atomic mass is 9.84. The molecule has 55 heavy (non-hydrogen) atoms. The normalized spacial score (nSPS) is 13.3. The molecule has 1 heterocycles. The summed E-state index contributed by atoms with van der Waals surface area (Å²) in [6.07, 6.45) is 21.5. The minimum atomic E-state index is 0.311. The second-order valence-electron chi connectivity index (χ2n) is 15.6. The first-order valence-corrected chi connectivity index (χ1v) is 22.7. The van der Waals surface area contributed by atoms with Crippen LogP contribution in [0.5, 0.6) is 11.5 Å². The highest BCUT2D eigenvalue weighted by Gasteiger charge is 2.23. The molecule has 0 atom stereocenters. The molecule has 0 aromatic heterocycles. The molecule has 0 radical (unpaired) electrons. The number of hydrogen-bond acceptors (Lipinski definition) is 4. The molecule has 0 fully saturated rings. The average molecular weight is 767 g/mol. The standard InChI is InChI=1S/C51H58O2S2/c1-4-5-6-7-8-9-10-11-12-13-14-15-16-17-18-25-38(51-54-35(2)36(3)55-51)37-32-33-42-46(34-37)50(53)45-31-24-21-28-41(45)48(42)47-39-26-19-22-29-43(39)49(52)44-30-23-20-27-40(44)47/h19-24,26-34,52-53H,4-18,25H2,1-3H3. The molecule has 0 amide bonds. The van der Waals surface area contributed by atoms with Crippen molar-refractivity contribution in [3.8, 4) is 22.6 Å². The van der Waals surface area contributed by atoms with Crippen molar-refractivity contribution in [2.45, 2.75) is 124 Å². The van der Waals surface area contributed by atoms with Gasteiger partial charge in [-0.3, -0.25) is 0 Å². The number of unbranched alkanes of at least 4 members (excludes halogenated alkanes) is 14. The van der Waals surface area contributed by atoms with E-state index in [4.69, 9.17) is 0 Å². The first-order chi connectivity index (χ1) is 27.0. The first-order valence-electron chi connectivity index (χ1n) is 21.0. The Kier molecular flexibility index (Phi) is 13.5. The summed E-state index contributed by atoms with van der Waals surface area (Å²) in [6, 6.07) is 31.4. The van der Waals surface area contributed by atoms with E-state index in [9.17, 15) is 10.2 Å². The summed E-state index contributed by atoms with van der Waals surface area (Å²) in [5.41, 5.74) is 4.79. The van der Waals surface area contributed by atoms with Crippen molar-refractivity contribution in [1.29, 1.82) is 0 Å². The van der Waals surface area contributed by atoms with Gasteiger partial charge in [0.05, 0.1) is 4.24 Å². The van der Waals surface area contributed by atoms with E-state index in [-0.39, 0.29) is 0 Å². The van der Waals surface area contributed by atoms with E-state index >= 15 is 0 Å². The zero-order valence-electron chi connectivity index (χ0n) is 33.2. The van der Waals surface area contributed by atoms with E-state index < -0.39 is 0 Å². The van der Waals surface area contributed by atoms with Crippen LogP contribution in [0.15, 0.2) is 105 Å². The number of thioether (sulfide) groups is 2. The Bertz CT molecular complexity index is 2280. The minimum absolute atomic E-state index is 0.311. The van der Waals surface area contributed by atoms with Crippen LogP contribution in [-0.2, 0) is 0 Å². The molecular weight excluding hydrogens is 709 g/mol. The van der Waals surface area contributed by atoms with Gasteiger partial charge in [-0.1, -0.05) is 205 Å². The molecule has 7 rings (SSSR count). The maximum Gasteiger partial charge on any atom is 0.131 e. The lowest BCUT2D eigenvalue weighted by Crippen LogP contribution is -1.93. The largest absolute Gasteiger partial charge is 0.507 e. The van der Waals surface area contributed by atoms with Crippen LogP contribution >= 0.6 is 23.5 Å². The lowest BCUT2D eigenvalue weighted by Gasteiger charge is -2.20. The van der Waals surface area contributed by atoms with Crippen LogP contribution in [-0.4, -0.2) is 10.2 Å². The summed E-state index contributed by atoms with van der Waals surface area (Å²) in [5, 5.41) is 30.9. The molecule has 286 valence electrons. The molecule has 0 unspecified atom stereocenters. The van der Waals surface area contributed by atoms with Crippen molar-refractivity contribution in [1.82, 2.24) is 0 Å². The summed E-state index contributed by atoms with van der Waals surface area (Å²) < 4.78 is 1.38. The Labute approximate surface area is 337 Å². The van der Waals surface area contributed by atoms with E-state index in [0.29, 0.717) is 11.5 Å². The molecule has 6 aromatic carbocycles. The van der Waals surface area contributed by atoms with Gasteiger partial charge in [0.15, 0.2) is 0 Å². The van der Waals surface area contributed by atoms with E-state index in [2.05, 4.69) is 63.2 Å². The summed E-state index contributed by atoms with van der Waals surface area (Å²) in [6.45, 7) is 6.77. The molecule has 0 saturated heterocycles. The molecule has 2 N–H and O–H groups in total. The van der Waals surface area contributed by atoms with Gasteiger partial charge in [-0.2, -0.15) is 0 Å². The fourth-order valence-electron chi connectivity index (χ4n) is 8.59. The van der Waals surface area contributed by atoms with E-state index in [0.717, 1.165) is 60.6 Å².